The van der Waals surface area contributed by atoms with E-state index in [2.05, 4.69) is 37.4 Å². The lowest BCUT2D eigenvalue weighted by atomic mass is 9.43. The van der Waals surface area contributed by atoms with Crippen LogP contribution in [-0.2, 0) is 28.7 Å². The van der Waals surface area contributed by atoms with Crippen molar-refractivity contribution in [2.75, 3.05) is 6.54 Å². The van der Waals surface area contributed by atoms with Crippen LogP contribution < -0.4 is 11.1 Å². The third-order valence-corrected chi connectivity index (χ3v) is 14.0. The number of allylic oxidation sites excluding steroid dienone is 5. The number of hydrogen-bond acceptors (Lipinski definition) is 8. The highest BCUT2D eigenvalue weighted by molar-refractivity contribution is 6.13. The highest BCUT2D eigenvalue weighted by Crippen LogP contribution is 2.72. The van der Waals surface area contributed by atoms with Gasteiger partial charge in [-0.15, -0.1) is 0 Å². The SMILES string of the molecule is CCC/C=C1\OC(=O)C2=C([C@H]3C4=CCNC(N)=C4CC[C@@H]3N3C(=O)C=CC3=O)[C@H]3CC[C@]21[C@H]1C2=C(CC[C@@H]31)C(=CC1(CC)CCCC1)OC2=O. The molecule has 2 bridgehead atoms. The second-order valence-corrected chi connectivity index (χ2v) is 16.0. The average molecular weight is 678 g/mol. The van der Waals surface area contributed by atoms with E-state index >= 15 is 0 Å². The second kappa shape index (κ2) is 11.4. The lowest BCUT2D eigenvalue weighted by Gasteiger charge is -2.58. The molecular formula is C41H47N3O6. The Bertz CT molecular complexity index is 1830. The van der Waals surface area contributed by atoms with Crippen LogP contribution in [0.15, 0.2) is 81.2 Å². The summed E-state index contributed by atoms with van der Waals surface area (Å²) in [5, 5.41) is 3.28. The molecule has 0 aromatic rings. The Hall–Kier alpha value is -4.14. The molecule has 0 radical (unpaired) electrons. The highest BCUT2D eigenvalue weighted by atomic mass is 16.5. The van der Waals surface area contributed by atoms with Crippen molar-refractivity contribution < 1.29 is 28.7 Å². The van der Waals surface area contributed by atoms with Gasteiger partial charge < -0.3 is 20.5 Å². The van der Waals surface area contributed by atoms with Gasteiger partial charge in [0, 0.05) is 41.7 Å². The second-order valence-electron chi connectivity index (χ2n) is 16.0. The molecule has 1 saturated heterocycles. The van der Waals surface area contributed by atoms with Crippen LogP contribution >= 0.6 is 0 Å². The summed E-state index contributed by atoms with van der Waals surface area (Å²) in [7, 11) is 0. The van der Waals surface area contributed by atoms with Crippen LogP contribution in [0, 0.1) is 34.5 Å². The summed E-state index contributed by atoms with van der Waals surface area (Å²) in [5.41, 5.74) is 11.3. The molecule has 4 aliphatic heterocycles. The predicted octanol–water partition coefficient (Wildman–Crippen LogP) is 6.07. The zero-order chi connectivity index (χ0) is 34.5. The van der Waals surface area contributed by atoms with Gasteiger partial charge in [0.1, 0.15) is 11.5 Å². The van der Waals surface area contributed by atoms with Crippen LogP contribution in [0.2, 0.25) is 0 Å². The van der Waals surface area contributed by atoms with E-state index in [0.717, 1.165) is 85.0 Å². The molecule has 9 heteroatoms. The fourth-order valence-electron chi connectivity index (χ4n) is 11.9. The number of ether oxygens (including phenoxy) is 2. The van der Waals surface area contributed by atoms with Crippen molar-refractivity contribution in [2.24, 2.45) is 40.2 Å². The number of nitrogens with zero attached hydrogens (tertiary/aromatic N) is 1. The highest BCUT2D eigenvalue weighted by Gasteiger charge is 2.69. The minimum absolute atomic E-state index is 0.0220. The molecule has 9 nitrogen and oxygen atoms in total. The van der Waals surface area contributed by atoms with E-state index < -0.39 is 11.5 Å². The fourth-order valence-corrected chi connectivity index (χ4v) is 11.9. The number of cyclic esters (lactones) is 2. The van der Waals surface area contributed by atoms with Crippen LogP contribution in [0.5, 0.6) is 0 Å². The van der Waals surface area contributed by atoms with E-state index in [4.69, 9.17) is 15.2 Å². The molecule has 6 atom stereocenters. The molecule has 262 valence electrons. The average Bonchev–Trinajstić information content (AvgIpc) is 3.88. The van der Waals surface area contributed by atoms with E-state index in [1.165, 1.54) is 29.9 Å². The first kappa shape index (κ1) is 31.8. The van der Waals surface area contributed by atoms with Crippen LogP contribution in [0.3, 0.4) is 0 Å². The first-order valence-electron chi connectivity index (χ1n) is 19.1. The van der Waals surface area contributed by atoms with Gasteiger partial charge in [0.2, 0.25) is 0 Å². The van der Waals surface area contributed by atoms with Crippen LogP contribution in [0.4, 0.5) is 0 Å². The summed E-state index contributed by atoms with van der Waals surface area (Å²) < 4.78 is 12.6. The minimum atomic E-state index is -0.811. The quantitative estimate of drug-likeness (QED) is 0.256. The molecule has 6 aliphatic carbocycles. The number of hydrogen-bond donors (Lipinski definition) is 2. The molecule has 1 spiro atoms. The molecule has 3 N–H and O–H groups in total. The Morgan fingerprint density at radius 3 is 2.46 bits per heavy atom. The maximum atomic E-state index is 14.5. The monoisotopic (exact) mass is 677 g/mol. The summed E-state index contributed by atoms with van der Waals surface area (Å²) in [5.74, 6) is 0.210. The van der Waals surface area contributed by atoms with Crippen LogP contribution in [-0.4, -0.2) is 41.2 Å². The Morgan fingerprint density at radius 2 is 1.72 bits per heavy atom. The lowest BCUT2D eigenvalue weighted by molar-refractivity contribution is -0.141. The smallest absolute Gasteiger partial charge is 0.340 e. The number of unbranched alkanes of at least 4 members (excludes halogenated alkanes) is 1. The maximum absolute atomic E-state index is 14.5. The largest absolute Gasteiger partial charge is 0.427 e. The normalized spacial score (nSPS) is 37.0. The number of nitrogens with one attached hydrogen (secondary N) is 1. The van der Waals surface area contributed by atoms with E-state index in [-0.39, 0.29) is 52.8 Å². The van der Waals surface area contributed by atoms with Crippen molar-refractivity contribution in [1.82, 2.24) is 10.2 Å². The molecule has 2 amide bonds. The van der Waals surface area contributed by atoms with E-state index in [9.17, 15) is 19.2 Å². The summed E-state index contributed by atoms with van der Waals surface area (Å²) >= 11 is 0. The van der Waals surface area contributed by atoms with Gasteiger partial charge in [0.15, 0.2) is 0 Å². The fraction of sp³-hybridized carbons (Fsp3) is 0.561. The Kier molecular flexibility index (Phi) is 7.28. The van der Waals surface area contributed by atoms with Gasteiger partial charge in [0.25, 0.3) is 11.8 Å². The van der Waals surface area contributed by atoms with Gasteiger partial charge in [0.05, 0.1) is 22.9 Å². The van der Waals surface area contributed by atoms with Crippen molar-refractivity contribution in [2.45, 2.75) is 103 Å². The summed E-state index contributed by atoms with van der Waals surface area (Å²) in [6, 6.07) is -0.458. The number of carbonyl (C=O) groups excluding carboxylic acids is 4. The summed E-state index contributed by atoms with van der Waals surface area (Å²) in [6.07, 6.45) is 20.8. The van der Waals surface area contributed by atoms with Crippen molar-refractivity contribution in [3.8, 4) is 0 Å². The first-order valence-corrected chi connectivity index (χ1v) is 19.1. The van der Waals surface area contributed by atoms with E-state index in [1.807, 2.05) is 0 Å². The molecule has 50 heavy (non-hydrogen) atoms. The van der Waals surface area contributed by atoms with Gasteiger partial charge in [-0.2, -0.15) is 0 Å². The maximum Gasteiger partial charge on any atom is 0.340 e. The molecular weight excluding hydrogens is 630 g/mol. The van der Waals surface area contributed by atoms with Gasteiger partial charge >= 0.3 is 11.9 Å². The van der Waals surface area contributed by atoms with Crippen molar-refractivity contribution in [3.05, 3.63) is 81.2 Å². The van der Waals surface area contributed by atoms with Crippen molar-refractivity contribution in [1.29, 1.82) is 0 Å². The summed E-state index contributed by atoms with van der Waals surface area (Å²) in [6.45, 7) is 4.88. The summed E-state index contributed by atoms with van der Waals surface area (Å²) in [4.78, 5) is 56.8. The van der Waals surface area contributed by atoms with Crippen molar-refractivity contribution >= 4 is 23.8 Å². The molecule has 0 aromatic heterocycles. The molecule has 10 aliphatic rings. The number of carbonyl (C=O) groups is 4. The standard InChI is InChI=1S/C41H47N3O6/c1-3-5-8-29-41-19-15-22(24-9-10-26-28(49-38(47)34(26)35(24)41)21-40(4-2)17-6-7-18-40)33(36(41)39(48)50-29)32-23-16-20-43-37(42)25(23)11-12-27(32)44-30(45)13-14-31(44)46/h8,13-14,16,21-22,24,27,32,35,43H,3-7,9-12,15,17-20,42H2,1-2H3/b28-21?,29-8-/t22-,24-,27-,32-,35+,41-/m0/s1. The lowest BCUT2D eigenvalue weighted by Crippen LogP contribution is -2.56. The van der Waals surface area contributed by atoms with Gasteiger partial charge in [-0.25, -0.2) is 9.59 Å². The minimum Gasteiger partial charge on any atom is -0.427 e. The molecule has 10 rings (SSSR count). The predicted molar refractivity (Wildman–Crippen MR) is 185 cm³/mol. The van der Waals surface area contributed by atoms with E-state index in [1.54, 1.807) is 0 Å². The molecule has 4 fully saturated rings. The third-order valence-electron chi connectivity index (χ3n) is 14.0. The topological polar surface area (TPSA) is 128 Å². The van der Waals surface area contributed by atoms with Crippen molar-refractivity contribution in [3.63, 3.8) is 0 Å². The van der Waals surface area contributed by atoms with E-state index in [0.29, 0.717) is 43.0 Å². The number of fused-ring (bicyclic) bond motifs is 2. The number of nitrogens with two attached hydrogens (primary N) is 1. The Balaban J connectivity index is 1.26. The molecule has 0 aromatic carbocycles. The zero-order valence-corrected chi connectivity index (χ0v) is 29.1. The zero-order valence-electron chi connectivity index (χ0n) is 29.1. The molecule has 0 unspecified atom stereocenters. The van der Waals surface area contributed by atoms with Gasteiger partial charge in [-0.05, 0) is 110 Å². The number of dihydropyridines is 1. The number of imide groups is 1. The van der Waals surface area contributed by atoms with Gasteiger partial charge in [-0.1, -0.05) is 39.2 Å². The van der Waals surface area contributed by atoms with Gasteiger partial charge in [-0.3, -0.25) is 14.5 Å². The number of amides is 2. The molecule has 3 saturated carbocycles. The third kappa shape index (κ3) is 4.24. The van der Waals surface area contributed by atoms with Crippen LogP contribution in [0.1, 0.15) is 97.3 Å². The number of rotatable bonds is 6. The first-order chi connectivity index (χ1) is 24.2. The Morgan fingerprint density at radius 1 is 0.960 bits per heavy atom. The molecule has 4 heterocycles. The van der Waals surface area contributed by atoms with Crippen LogP contribution in [0.25, 0.3) is 0 Å². The Labute approximate surface area is 293 Å². The number of esters is 2.